The molecule has 0 amide bonds. The molecule has 0 aromatic heterocycles. The third-order valence-electron chi connectivity index (χ3n) is 5.23. The van der Waals surface area contributed by atoms with E-state index in [4.69, 9.17) is 4.74 Å². The average Bonchev–Trinajstić information content (AvgIpc) is 2.73. The highest BCUT2D eigenvalue weighted by molar-refractivity contribution is 6.10. The van der Waals surface area contributed by atoms with Gasteiger partial charge in [-0.1, -0.05) is 18.2 Å². The molecule has 2 aromatic rings. The molecule has 0 radical (unpaired) electrons. The maximum atomic E-state index is 12.6. The zero-order valence-electron chi connectivity index (χ0n) is 17.7. The molecule has 0 bridgehead atoms. The fraction of sp³-hybridized carbons (Fsp3) is 0.240. The standard InChI is InChI=1S/C25H26O6/c1-15(2)20(27)11-13-25(3)12-10-18-23(30)19(14-22(29)24(18)31-25)21(28)9-6-16-4-7-17(26)8-5-16/h4-10,12,14,26-27,29-30H,11,13H2,1-3H3. The molecule has 0 spiro atoms. The SMILES string of the molecule is CC(C)=C(O)CCC1(C)C=Cc2c(O)c(C(=O)C=Cc3ccc(O)cc3)cc(O)c2O1. The van der Waals surface area contributed by atoms with Gasteiger partial charge in [0.05, 0.1) is 16.9 Å². The molecule has 1 aliphatic rings. The average molecular weight is 422 g/mol. The Hall–Kier alpha value is -3.67. The quantitative estimate of drug-likeness (QED) is 0.212. The molecule has 2 aromatic carbocycles. The number of allylic oxidation sites excluding steroid dienone is 3. The van der Waals surface area contributed by atoms with E-state index >= 15 is 0 Å². The third kappa shape index (κ3) is 4.91. The molecule has 3 rings (SSSR count). The van der Waals surface area contributed by atoms with E-state index in [2.05, 4.69) is 0 Å². The lowest BCUT2D eigenvalue weighted by Crippen LogP contribution is -2.32. The number of phenolic OH excluding ortho intramolecular Hbond substituents is 3. The van der Waals surface area contributed by atoms with Gasteiger partial charge >= 0.3 is 0 Å². The van der Waals surface area contributed by atoms with E-state index in [1.165, 1.54) is 24.3 Å². The molecule has 4 N–H and O–H groups in total. The molecule has 1 atom stereocenters. The highest BCUT2D eigenvalue weighted by Gasteiger charge is 2.32. The van der Waals surface area contributed by atoms with Gasteiger partial charge in [-0.2, -0.15) is 0 Å². The molecule has 1 unspecified atom stereocenters. The van der Waals surface area contributed by atoms with Crippen LogP contribution in [-0.2, 0) is 0 Å². The highest BCUT2D eigenvalue weighted by Crippen LogP contribution is 2.46. The van der Waals surface area contributed by atoms with Crippen LogP contribution >= 0.6 is 0 Å². The largest absolute Gasteiger partial charge is 0.512 e. The second kappa shape index (κ2) is 8.60. The Balaban J connectivity index is 1.85. The van der Waals surface area contributed by atoms with Crippen LogP contribution in [0.1, 0.15) is 55.1 Å². The number of fused-ring (bicyclic) bond motifs is 1. The van der Waals surface area contributed by atoms with Crippen LogP contribution in [0.25, 0.3) is 12.2 Å². The summed E-state index contributed by atoms with van der Waals surface area (Å²) in [4.78, 5) is 12.6. The number of ketones is 1. The van der Waals surface area contributed by atoms with Crippen LogP contribution in [0, 0.1) is 0 Å². The van der Waals surface area contributed by atoms with Gasteiger partial charge in [0.25, 0.3) is 0 Å². The van der Waals surface area contributed by atoms with E-state index in [0.717, 1.165) is 5.57 Å². The summed E-state index contributed by atoms with van der Waals surface area (Å²) in [5.74, 6) is -0.514. The summed E-state index contributed by atoms with van der Waals surface area (Å²) < 4.78 is 5.95. The summed E-state index contributed by atoms with van der Waals surface area (Å²) in [6.07, 6.45) is 7.07. The molecule has 162 valence electrons. The van der Waals surface area contributed by atoms with Crippen molar-refractivity contribution in [2.24, 2.45) is 0 Å². The number of aliphatic hydroxyl groups is 1. The molecular formula is C25H26O6. The predicted octanol–water partition coefficient (Wildman–Crippen LogP) is 5.50. The monoisotopic (exact) mass is 422 g/mol. The first-order valence-corrected chi connectivity index (χ1v) is 9.93. The van der Waals surface area contributed by atoms with Gasteiger partial charge in [-0.05, 0) is 74.8 Å². The van der Waals surface area contributed by atoms with Crippen molar-refractivity contribution in [2.45, 2.75) is 39.2 Å². The van der Waals surface area contributed by atoms with Crippen molar-refractivity contribution >= 4 is 17.9 Å². The third-order valence-corrected chi connectivity index (χ3v) is 5.23. The van der Waals surface area contributed by atoms with E-state index < -0.39 is 11.4 Å². The maximum Gasteiger partial charge on any atom is 0.189 e. The molecule has 0 saturated heterocycles. The minimum atomic E-state index is -0.787. The van der Waals surface area contributed by atoms with Gasteiger partial charge in [-0.15, -0.1) is 0 Å². The molecule has 1 heterocycles. The first-order valence-electron chi connectivity index (χ1n) is 9.93. The summed E-state index contributed by atoms with van der Waals surface area (Å²) in [5.41, 5.74) is 0.917. The van der Waals surface area contributed by atoms with Gasteiger partial charge in [-0.3, -0.25) is 4.79 Å². The Morgan fingerprint density at radius 2 is 1.81 bits per heavy atom. The molecule has 0 aliphatic carbocycles. The van der Waals surface area contributed by atoms with Crippen LogP contribution < -0.4 is 4.74 Å². The van der Waals surface area contributed by atoms with E-state index in [0.29, 0.717) is 18.4 Å². The van der Waals surface area contributed by atoms with Crippen LogP contribution in [0.15, 0.2) is 53.8 Å². The summed E-state index contributed by atoms with van der Waals surface area (Å²) in [5, 5.41) is 40.4. The fourth-order valence-corrected chi connectivity index (χ4v) is 3.24. The maximum absolute atomic E-state index is 12.6. The second-order valence-electron chi connectivity index (χ2n) is 8.02. The van der Waals surface area contributed by atoms with Crippen molar-refractivity contribution in [3.8, 4) is 23.0 Å². The number of aliphatic hydroxyl groups excluding tert-OH is 1. The molecule has 0 saturated carbocycles. The van der Waals surface area contributed by atoms with E-state index in [1.807, 2.05) is 20.8 Å². The Labute approximate surface area is 181 Å². The van der Waals surface area contributed by atoms with Gasteiger partial charge in [0.15, 0.2) is 17.3 Å². The molecule has 31 heavy (non-hydrogen) atoms. The lowest BCUT2D eigenvalue weighted by molar-refractivity contribution is 0.104. The summed E-state index contributed by atoms with van der Waals surface area (Å²) in [6, 6.07) is 7.48. The van der Waals surface area contributed by atoms with Gasteiger partial charge in [-0.25, -0.2) is 0 Å². The topological polar surface area (TPSA) is 107 Å². The van der Waals surface area contributed by atoms with Crippen molar-refractivity contribution in [1.29, 1.82) is 0 Å². The summed E-state index contributed by atoms with van der Waals surface area (Å²) in [7, 11) is 0. The van der Waals surface area contributed by atoms with Crippen LogP contribution in [0.4, 0.5) is 0 Å². The molecule has 6 nitrogen and oxygen atoms in total. The number of rotatable bonds is 6. The zero-order valence-corrected chi connectivity index (χ0v) is 17.7. The van der Waals surface area contributed by atoms with Crippen LogP contribution in [0.5, 0.6) is 23.0 Å². The van der Waals surface area contributed by atoms with Crippen LogP contribution in [0.2, 0.25) is 0 Å². The van der Waals surface area contributed by atoms with Crippen molar-refractivity contribution in [2.75, 3.05) is 0 Å². The van der Waals surface area contributed by atoms with E-state index in [1.54, 1.807) is 30.4 Å². The summed E-state index contributed by atoms with van der Waals surface area (Å²) in [6.45, 7) is 5.47. The second-order valence-corrected chi connectivity index (χ2v) is 8.02. The Morgan fingerprint density at radius 1 is 1.13 bits per heavy atom. The van der Waals surface area contributed by atoms with Crippen molar-refractivity contribution in [1.82, 2.24) is 0 Å². The van der Waals surface area contributed by atoms with Crippen molar-refractivity contribution in [3.63, 3.8) is 0 Å². The number of carbonyl (C=O) groups is 1. The number of ether oxygens (including phenoxy) is 1. The van der Waals surface area contributed by atoms with Gasteiger partial charge in [0.1, 0.15) is 17.1 Å². The number of hydrogen-bond donors (Lipinski definition) is 4. The molecule has 1 aliphatic heterocycles. The first kappa shape index (κ1) is 22.0. The fourth-order valence-electron chi connectivity index (χ4n) is 3.24. The Kier molecular flexibility index (Phi) is 6.11. The molecular weight excluding hydrogens is 396 g/mol. The number of phenols is 3. The molecule has 6 heteroatoms. The van der Waals surface area contributed by atoms with Crippen molar-refractivity contribution in [3.05, 3.63) is 70.5 Å². The van der Waals surface area contributed by atoms with Crippen molar-refractivity contribution < 1.29 is 30.0 Å². The van der Waals surface area contributed by atoms with E-state index in [-0.39, 0.29) is 39.9 Å². The number of carbonyl (C=O) groups excluding carboxylic acids is 1. The van der Waals surface area contributed by atoms with Gasteiger partial charge < -0.3 is 25.2 Å². The predicted molar refractivity (Wildman–Crippen MR) is 120 cm³/mol. The zero-order chi connectivity index (χ0) is 22.8. The van der Waals surface area contributed by atoms with Crippen LogP contribution in [-0.4, -0.2) is 31.8 Å². The summed E-state index contributed by atoms with van der Waals surface area (Å²) >= 11 is 0. The lowest BCUT2D eigenvalue weighted by atomic mass is 9.92. The highest BCUT2D eigenvalue weighted by atomic mass is 16.5. The lowest BCUT2D eigenvalue weighted by Gasteiger charge is -2.32. The molecule has 0 fully saturated rings. The number of aromatic hydroxyl groups is 3. The minimum absolute atomic E-state index is 0.0506. The van der Waals surface area contributed by atoms with Crippen LogP contribution in [0.3, 0.4) is 0 Å². The smallest absolute Gasteiger partial charge is 0.189 e. The minimum Gasteiger partial charge on any atom is -0.512 e. The van der Waals surface area contributed by atoms with E-state index in [9.17, 15) is 25.2 Å². The van der Waals surface area contributed by atoms with Gasteiger partial charge in [0, 0.05) is 6.42 Å². The normalized spacial score (nSPS) is 17.3. The number of benzene rings is 2. The first-order chi connectivity index (χ1) is 14.6. The van der Waals surface area contributed by atoms with Gasteiger partial charge in [0.2, 0.25) is 0 Å². The number of hydrogen-bond acceptors (Lipinski definition) is 6. The Bertz CT molecular complexity index is 1090. The Morgan fingerprint density at radius 3 is 2.45 bits per heavy atom.